The fraction of sp³-hybridized carbons (Fsp3) is 0.720. The minimum absolute atomic E-state index is 0.561. The van der Waals surface area contributed by atoms with E-state index in [9.17, 15) is 0 Å². The minimum atomic E-state index is 0.561. The maximum Gasteiger partial charge on any atom is 0.124 e. The Kier molecular flexibility index (Phi) is 4.77. The van der Waals surface area contributed by atoms with Gasteiger partial charge >= 0.3 is 0 Å². The van der Waals surface area contributed by atoms with Crippen LogP contribution in [0.1, 0.15) is 84.0 Å². The van der Waals surface area contributed by atoms with Crippen LogP contribution in [0.5, 0.6) is 0 Å². The number of rotatable bonds is 4. The summed E-state index contributed by atoms with van der Waals surface area (Å²) in [6.07, 6.45) is 10.9. The normalized spacial score (nSPS) is 32.8. The molecule has 3 nitrogen and oxygen atoms in total. The highest BCUT2D eigenvalue weighted by molar-refractivity contribution is 5.76. The molecule has 0 saturated heterocycles. The van der Waals surface area contributed by atoms with E-state index in [0.717, 1.165) is 24.3 Å². The van der Waals surface area contributed by atoms with E-state index in [-0.39, 0.29) is 0 Å². The summed E-state index contributed by atoms with van der Waals surface area (Å²) in [7, 11) is 0. The highest BCUT2D eigenvalue weighted by atomic mass is 15.1. The zero-order valence-corrected chi connectivity index (χ0v) is 18.0. The van der Waals surface area contributed by atoms with Crippen molar-refractivity contribution in [2.45, 2.75) is 90.8 Å². The van der Waals surface area contributed by atoms with Crippen molar-refractivity contribution < 1.29 is 0 Å². The number of nitrogens with zero attached hydrogens (tertiary/aromatic N) is 2. The summed E-state index contributed by atoms with van der Waals surface area (Å²) in [6, 6.07) is 10.0. The van der Waals surface area contributed by atoms with Crippen molar-refractivity contribution in [3.05, 3.63) is 30.1 Å². The maximum absolute atomic E-state index is 5.09. The van der Waals surface area contributed by atoms with Crippen LogP contribution >= 0.6 is 0 Å². The van der Waals surface area contributed by atoms with Gasteiger partial charge in [0.2, 0.25) is 0 Å². The van der Waals surface area contributed by atoms with Crippen LogP contribution in [-0.2, 0) is 6.54 Å². The molecule has 0 radical (unpaired) electrons. The Labute approximate surface area is 170 Å². The second kappa shape index (κ2) is 7.16. The van der Waals surface area contributed by atoms with Crippen molar-refractivity contribution >= 4 is 11.0 Å². The van der Waals surface area contributed by atoms with Crippen LogP contribution in [0.25, 0.3) is 11.0 Å². The van der Waals surface area contributed by atoms with Crippen molar-refractivity contribution in [2.24, 2.45) is 23.2 Å². The molecule has 6 rings (SSSR count). The lowest BCUT2D eigenvalue weighted by atomic mass is 9.45. The van der Waals surface area contributed by atoms with E-state index >= 15 is 0 Å². The highest BCUT2D eigenvalue weighted by Gasteiger charge is 2.56. The van der Waals surface area contributed by atoms with Crippen molar-refractivity contribution in [3.63, 3.8) is 0 Å². The smallest absolute Gasteiger partial charge is 0.124 e. The third-order valence-corrected chi connectivity index (χ3v) is 8.74. The Morgan fingerprint density at radius 1 is 1.07 bits per heavy atom. The van der Waals surface area contributed by atoms with Gasteiger partial charge in [-0.15, -0.1) is 0 Å². The number of imidazole rings is 1. The number of fused-ring (bicyclic) bond motifs is 3. The van der Waals surface area contributed by atoms with Gasteiger partial charge in [0.25, 0.3) is 0 Å². The fourth-order valence-electron chi connectivity index (χ4n) is 6.78. The van der Waals surface area contributed by atoms with Gasteiger partial charge in [-0.1, -0.05) is 58.6 Å². The third-order valence-electron chi connectivity index (χ3n) is 8.74. The Hall–Kier alpha value is -1.35. The first-order chi connectivity index (χ1) is 13.6. The molecule has 0 aliphatic heterocycles. The fourth-order valence-corrected chi connectivity index (χ4v) is 6.78. The first-order valence-corrected chi connectivity index (χ1v) is 11.7. The molecule has 4 atom stereocenters. The Morgan fingerprint density at radius 2 is 1.82 bits per heavy atom. The van der Waals surface area contributed by atoms with Crippen molar-refractivity contribution in [3.8, 4) is 0 Å². The molecule has 4 fully saturated rings. The standard InChI is InChI=1S/C25H37N3/c1-17-20-14-18(25(20,2)3)15-22(17)26-16-24-27-21-12-8-9-13-23(21)28(24)19-10-6-4-5-7-11-19/h8-9,12-13,17-20,22,26H,4-7,10-11,14-16H2,1-3H3/t17-,18+,20-,22?/m1/s1. The van der Waals surface area contributed by atoms with E-state index in [1.165, 1.54) is 68.2 Å². The Balaban J connectivity index is 1.38. The summed E-state index contributed by atoms with van der Waals surface area (Å²) < 4.78 is 2.60. The Bertz CT molecular complexity index is 827. The van der Waals surface area contributed by atoms with Crippen LogP contribution in [0.3, 0.4) is 0 Å². The topological polar surface area (TPSA) is 29.9 Å². The summed E-state index contributed by atoms with van der Waals surface area (Å²) >= 11 is 0. The van der Waals surface area contributed by atoms with Crippen LogP contribution in [0.2, 0.25) is 0 Å². The van der Waals surface area contributed by atoms with Gasteiger partial charge in [-0.05, 0) is 61.0 Å². The Morgan fingerprint density at radius 3 is 2.54 bits per heavy atom. The largest absolute Gasteiger partial charge is 0.324 e. The van der Waals surface area contributed by atoms with Gasteiger partial charge in [0.1, 0.15) is 5.82 Å². The van der Waals surface area contributed by atoms with E-state index in [1.54, 1.807) is 0 Å². The average Bonchev–Trinajstić information content (AvgIpc) is 2.85. The predicted octanol–water partition coefficient (Wildman–Crippen LogP) is 6.09. The lowest BCUT2D eigenvalue weighted by Gasteiger charge is -2.62. The van der Waals surface area contributed by atoms with Crippen molar-refractivity contribution in [2.75, 3.05) is 0 Å². The highest BCUT2D eigenvalue weighted by Crippen LogP contribution is 2.61. The molecule has 3 heteroatoms. The van der Waals surface area contributed by atoms with Gasteiger partial charge in [0, 0.05) is 12.1 Å². The number of benzene rings is 1. The lowest BCUT2D eigenvalue weighted by molar-refractivity contribution is -0.115. The number of para-hydroxylation sites is 2. The molecule has 1 aromatic heterocycles. The summed E-state index contributed by atoms with van der Waals surface area (Å²) in [6.45, 7) is 8.38. The molecule has 1 aromatic carbocycles. The molecular weight excluding hydrogens is 342 g/mol. The van der Waals surface area contributed by atoms with Gasteiger partial charge in [-0.25, -0.2) is 4.98 Å². The minimum Gasteiger partial charge on any atom is -0.324 e. The van der Waals surface area contributed by atoms with Crippen molar-refractivity contribution in [1.82, 2.24) is 14.9 Å². The van der Waals surface area contributed by atoms with E-state index in [4.69, 9.17) is 4.98 Å². The molecular formula is C25H37N3. The molecule has 0 amide bonds. The van der Waals surface area contributed by atoms with E-state index in [1.807, 2.05) is 0 Å². The summed E-state index contributed by atoms with van der Waals surface area (Å²) in [5.74, 6) is 3.84. The van der Waals surface area contributed by atoms with Crippen LogP contribution in [0.15, 0.2) is 24.3 Å². The zero-order chi connectivity index (χ0) is 19.3. The molecule has 4 saturated carbocycles. The molecule has 1 unspecified atom stereocenters. The van der Waals surface area contributed by atoms with Crippen LogP contribution in [-0.4, -0.2) is 15.6 Å². The van der Waals surface area contributed by atoms with Crippen LogP contribution in [0, 0.1) is 23.2 Å². The van der Waals surface area contributed by atoms with Gasteiger partial charge in [0.05, 0.1) is 17.6 Å². The molecule has 2 bridgehead atoms. The number of nitrogens with one attached hydrogen (secondary N) is 1. The molecule has 1 N–H and O–H groups in total. The van der Waals surface area contributed by atoms with Gasteiger partial charge in [-0.2, -0.15) is 0 Å². The van der Waals surface area contributed by atoms with Gasteiger partial charge in [-0.3, -0.25) is 0 Å². The number of hydrogen-bond acceptors (Lipinski definition) is 2. The van der Waals surface area contributed by atoms with E-state index in [2.05, 4.69) is 54.9 Å². The SMILES string of the molecule is C[C@H]1C(NCc2nc3ccccc3n2C2CCCCCC2)C[C@@H]2C[C@H]1C2(C)C. The first-order valence-electron chi connectivity index (χ1n) is 11.7. The van der Waals surface area contributed by atoms with Crippen molar-refractivity contribution in [1.29, 1.82) is 0 Å². The van der Waals surface area contributed by atoms with E-state index in [0.29, 0.717) is 17.5 Å². The molecule has 4 aliphatic carbocycles. The van der Waals surface area contributed by atoms with Crippen LogP contribution in [0.4, 0.5) is 0 Å². The summed E-state index contributed by atoms with van der Waals surface area (Å²) in [4.78, 5) is 5.09. The van der Waals surface area contributed by atoms with Crippen LogP contribution < -0.4 is 5.32 Å². The van der Waals surface area contributed by atoms with E-state index < -0.39 is 0 Å². The predicted molar refractivity (Wildman–Crippen MR) is 116 cm³/mol. The number of hydrogen-bond donors (Lipinski definition) is 1. The second-order valence-electron chi connectivity index (χ2n) is 10.5. The lowest BCUT2D eigenvalue weighted by Crippen LogP contribution is -2.59. The summed E-state index contributed by atoms with van der Waals surface area (Å²) in [5.41, 5.74) is 3.07. The monoisotopic (exact) mass is 379 g/mol. The second-order valence-corrected chi connectivity index (χ2v) is 10.5. The maximum atomic E-state index is 5.09. The molecule has 28 heavy (non-hydrogen) atoms. The quantitative estimate of drug-likeness (QED) is 0.651. The third kappa shape index (κ3) is 3.01. The molecule has 0 spiro atoms. The molecule has 1 heterocycles. The molecule has 4 aliphatic rings. The average molecular weight is 380 g/mol. The molecule has 152 valence electrons. The summed E-state index contributed by atoms with van der Waals surface area (Å²) in [5, 5.41) is 3.96. The first kappa shape index (κ1) is 18.7. The van der Waals surface area contributed by atoms with Gasteiger partial charge < -0.3 is 9.88 Å². The number of aromatic nitrogens is 2. The zero-order valence-electron chi connectivity index (χ0n) is 18.0. The molecule has 2 aromatic rings. The van der Waals surface area contributed by atoms with Gasteiger partial charge in [0.15, 0.2) is 0 Å².